The minimum Gasteiger partial charge on any atom is -0.456 e. The zero-order valence-corrected chi connectivity index (χ0v) is 16.8. The molecule has 0 N–H and O–H groups in total. The van der Waals surface area contributed by atoms with Crippen molar-refractivity contribution in [3.63, 3.8) is 0 Å². The van der Waals surface area contributed by atoms with Gasteiger partial charge in [0.15, 0.2) is 12.4 Å². The topological polar surface area (TPSA) is 63.7 Å². The van der Waals surface area contributed by atoms with Crippen LogP contribution in [0.2, 0.25) is 0 Å². The second-order valence-corrected chi connectivity index (χ2v) is 8.21. The van der Waals surface area contributed by atoms with Crippen LogP contribution in [0.25, 0.3) is 0 Å². The summed E-state index contributed by atoms with van der Waals surface area (Å²) in [6, 6.07) is 14.8. The minimum atomic E-state index is -0.418. The number of carbonyl (C=O) groups is 3. The van der Waals surface area contributed by atoms with Crippen LogP contribution < -0.4 is 4.90 Å². The number of rotatable bonds is 7. The summed E-state index contributed by atoms with van der Waals surface area (Å²) in [4.78, 5) is 39.0. The van der Waals surface area contributed by atoms with Crippen LogP contribution in [0, 0.1) is 6.92 Å². The number of aryl methyl sites for hydroxylation is 1. The van der Waals surface area contributed by atoms with E-state index in [4.69, 9.17) is 4.74 Å². The van der Waals surface area contributed by atoms with Crippen molar-refractivity contribution in [2.24, 2.45) is 0 Å². The number of nitrogens with zero attached hydrogens (tertiary/aromatic N) is 1. The van der Waals surface area contributed by atoms with Crippen molar-refractivity contribution >= 4 is 35.1 Å². The number of amides is 1. The lowest BCUT2D eigenvalue weighted by Crippen LogP contribution is -2.24. The average Bonchev–Trinajstić information content (AvgIpc) is 3.13. The number of hydrogen-bond acceptors (Lipinski definition) is 5. The molecule has 5 nitrogen and oxygen atoms in total. The zero-order chi connectivity index (χ0) is 20.1. The summed E-state index contributed by atoms with van der Waals surface area (Å²) in [5.41, 5.74) is 2.41. The van der Waals surface area contributed by atoms with Gasteiger partial charge in [0.2, 0.25) is 5.91 Å². The van der Waals surface area contributed by atoms with Crippen LogP contribution in [0.1, 0.15) is 35.7 Å². The van der Waals surface area contributed by atoms with E-state index >= 15 is 0 Å². The first-order chi connectivity index (χ1) is 13.4. The van der Waals surface area contributed by atoms with E-state index in [0.29, 0.717) is 18.5 Å². The molecule has 28 heavy (non-hydrogen) atoms. The van der Waals surface area contributed by atoms with Gasteiger partial charge in [-0.3, -0.25) is 14.4 Å². The van der Waals surface area contributed by atoms with Gasteiger partial charge < -0.3 is 9.64 Å². The Morgan fingerprint density at radius 1 is 1.11 bits per heavy atom. The second kappa shape index (κ2) is 9.06. The Kier molecular flexibility index (Phi) is 6.52. The van der Waals surface area contributed by atoms with Crippen LogP contribution in [-0.2, 0) is 14.3 Å². The first-order valence-corrected chi connectivity index (χ1v) is 10.2. The third kappa shape index (κ3) is 5.01. The van der Waals surface area contributed by atoms with E-state index in [9.17, 15) is 14.4 Å². The lowest BCUT2D eigenvalue weighted by molar-refractivity contribution is -0.141. The summed E-state index contributed by atoms with van der Waals surface area (Å²) >= 11 is 1.40. The monoisotopic (exact) mass is 397 g/mol. The number of benzene rings is 2. The molecular weight excluding hydrogens is 374 g/mol. The van der Waals surface area contributed by atoms with Crippen LogP contribution >= 0.6 is 11.8 Å². The summed E-state index contributed by atoms with van der Waals surface area (Å²) in [5, 5.41) is -0.404. The number of ketones is 1. The quantitative estimate of drug-likeness (QED) is 0.401. The fourth-order valence-electron chi connectivity index (χ4n) is 2.95. The highest BCUT2D eigenvalue weighted by atomic mass is 32.2. The van der Waals surface area contributed by atoms with E-state index in [2.05, 4.69) is 0 Å². The molecule has 1 fully saturated rings. The Hall–Kier alpha value is -2.60. The molecule has 1 amide bonds. The van der Waals surface area contributed by atoms with Crippen LogP contribution in [0.3, 0.4) is 0 Å². The maximum Gasteiger partial charge on any atom is 0.319 e. The molecule has 1 heterocycles. The Balaban J connectivity index is 1.50. The highest BCUT2D eigenvalue weighted by Gasteiger charge is 2.22. The fraction of sp³-hybridized carbons (Fsp3) is 0.318. The predicted molar refractivity (Wildman–Crippen MR) is 110 cm³/mol. The molecule has 0 radical (unpaired) electrons. The zero-order valence-electron chi connectivity index (χ0n) is 16.0. The molecule has 0 unspecified atom stereocenters. The molecule has 0 aromatic heterocycles. The highest BCUT2D eigenvalue weighted by Crippen LogP contribution is 2.24. The lowest BCUT2D eigenvalue weighted by atomic mass is 10.1. The molecule has 0 aliphatic carbocycles. The Bertz CT molecular complexity index is 861. The van der Waals surface area contributed by atoms with Gasteiger partial charge in [-0.05, 0) is 56.7 Å². The minimum absolute atomic E-state index is 0.105. The van der Waals surface area contributed by atoms with Crippen molar-refractivity contribution in [2.75, 3.05) is 18.1 Å². The predicted octanol–water partition coefficient (Wildman–Crippen LogP) is 4.03. The molecule has 0 saturated carbocycles. The Morgan fingerprint density at radius 2 is 1.79 bits per heavy atom. The third-order valence-electron chi connectivity index (χ3n) is 4.59. The number of ether oxygens (including phenoxy) is 1. The van der Waals surface area contributed by atoms with Gasteiger partial charge in [-0.25, -0.2) is 0 Å². The number of thioether (sulfide) groups is 1. The average molecular weight is 397 g/mol. The Labute approximate surface area is 169 Å². The van der Waals surface area contributed by atoms with Gasteiger partial charge in [-0.1, -0.05) is 17.7 Å². The van der Waals surface area contributed by atoms with Gasteiger partial charge in [0.25, 0.3) is 0 Å². The van der Waals surface area contributed by atoms with Crippen molar-refractivity contribution in [1.82, 2.24) is 0 Å². The van der Waals surface area contributed by atoms with E-state index in [-0.39, 0.29) is 18.3 Å². The van der Waals surface area contributed by atoms with Crippen LogP contribution in [0.4, 0.5) is 5.69 Å². The van der Waals surface area contributed by atoms with Gasteiger partial charge in [0, 0.05) is 29.1 Å². The third-order valence-corrected chi connectivity index (χ3v) is 5.68. The maximum absolute atomic E-state index is 12.3. The van der Waals surface area contributed by atoms with E-state index in [1.54, 1.807) is 36.1 Å². The molecule has 0 spiro atoms. The Morgan fingerprint density at radius 3 is 2.39 bits per heavy atom. The number of esters is 1. The molecule has 146 valence electrons. The van der Waals surface area contributed by atoms with Crippen molar-refractivity contribution in [2.45, 2.75) is 36.8 Å². The van der Waals surface area contributed by atoms with Gasteiger partial charge in [-0.15, -0.1) is 11.8 Å². The summed E-state index contributed by atoms with van der Waals surface area (Å²) in [7, 11) is 0. The van der Waals surface area contributed by atoms with Gasteiger partial charge in [0.05, 0.1) is 0 Å². The van der Waals surface area contributed by atoms with Crippen molar-refractivity contribution in [1.29, 1.82) is 0 Å². The summed E-state index contributed by atoms with van der Waals surface area (Å²) in [5.74, 6) is -0.577. The molecule has 0 bridgehead atoms. The largest absolute Gasteiger partial charge is 0.456 e. The lowest BCUT2D eigenvalue weighted by Gasteiger charge is -2.16. The fourth-order valence-corrected chi connectivity index (χ4v) is 3.82. The highest BCUT2D eigenvalue weighted by molar-refractivity contribution is 8.00. The molecule has 1 atom stereocenters. The second-order valence-electron chi connectivity index (χ2n) is 6.80. The van der Waals surface area contributed by atoms with Crippen LogP contribution in [0.15, 0.2) is 53.4 Å². The first-order valence-electron chi connectivity index (χ1n) is 9.27. The number of hydrogen-bond donors (Lipinski definition) is 0. The van der Waals surface area contributed by atoms with E-state index in [1.807, 2.05) is 31.2 Å². The molecule has 1 aliphatic heterocycles. The maximum atomic E-state index is 12.3. The van der Waals surface area contributed by atoms with Gasteiger partial charge in [-0.2, -0.15) is 0 Å². The van der Waals surface area contributed by atoms with E-state index < -0.39 is 11.2 Å². The number of anilines is 1. The summed E-state index contributed by atoms with van der Waals surface area (Å²) in [6.45, 7) is 4.19. The number of carbonyl (C=O) groups excluding carboxylic acids is 3. The molecule has 2 aromatic carbocycles. The smallest absolute Gasteiger partial charge is 0.319 e. The molecule has 2 aromatic rings. The summed E-state index contributed by atoms with van der Waals surface area (Å²) < 4.78 is 5.19. The van der Waals surface area contributed by atoms with Crippen molar-refractivity contribution < 1.29 is 19.1 Å². The molecule has 1 aliphatic rings. The SMILES string of the molecule is Cc1ccc(S[C@H](C)C(=O)OCC(=O)c2ccc(N3CCCC3=O)cc2)cc1. The number of Topliss-reactive ketones (excluding diaryl/α,β-unsaturated/α-hetero) is 1. The molecule has 6 heteroatoms. The molecular formula is C22H23NO4S. The van der Waals surface area contributed by atoms with E-state index in [1.165, 1.54) is 11.8 Å². The van der Waals surface area contributed by atoms with Crippen LogP contribution in [-0.4, -0.2) is 36.1 Å². The molecule has 3 rings (SSSR count). The van der Waals surface area contributed by atoms with Crippen molar-refractivity contribution in [3.05, 3.63) is 59.7 Å². The van der Waals surface area contributed by atoms with Crippen molar-refractivity contribution in [3.8, 4) is 0 Å². The summed E-state index contributed by atoms with van der Waals surface area (Å²) in [6.07, 6.45) is 1.42. The van der Waals surface area contributed by atoms with Crippen LogP contribution in [0.5, 0.6) is 0 Å². The van der Waals surface area contributed by atoms with Gasteiger partial charge >= 0.3 is 5.97 Å². The first kappa shape index (κ1) is 20.1. The normalized spacial score (nSPS) is 14.8. The van der Waals surface area contributed by atoms with Gasteiger partial charge in [0.1, 0.15) is 5.25 Å². The van der Waals surface area contributed by atoms with E-state index in [0.717, 1.165) is 22.6 Å². The molecule has 1 saturated heterocycles. The standard InChI is InChI=1S/C22H23NO4S/c1-15-5-11-19(12-6-15)28-16(2)22(26)27-14-20(24)17-7-9-18(10-8-17)23-13-3-4-21(23)25/h5-12,16H,3-4,13-14H2,1-2H3/t16-/m1/s1.